The van der Waals surface area contributed by atoms with E-state index >= 15 is 0 Å². The van der Waals surface area contributed by atoms with Gasteiger partial charge in [0.05, 0.1) is 5.52 Å². The Morgan fingerprint density at radius 1 is 1.40 bits per heavy atom. The summed E-state index contributed by atoms with van der Waals surface area (Å²) in [5.74, 6) is 1.90. The van der Waals surface area contributed by atoms with Crippen molar-refractivity contribution in [1.82, 2.24) is 4.57 Å². The minimum Gasteiger partial charge on any atom is -0.347 e. The van der Waals surface area contributed by atoms with Gasteiger partial charge in [0.2, 0.25) is 0 Å². The molecule has 3 heteroatoms. The first-order chi connectivity index (χ1) is 7.24. The second kappa shape index (κ2) is 4.27. The summed E-state index contributed by atoms with van der Waals surface area (Å²) in [6, 6.07) is 7.18. The molecule has 1 aromatic heterocycles. The number of fused-ring (bicyclic) bond motifs is 1. The molecule has 0 N–H and O–H groups in total. The van der Waals surface area contributed by atoms with Gasteiger partial charge in [-0.1, -0.05) is 13.0 Å². The summed E-state index contributed by atoms with van der Waals surface area (Å²) in [6.45, 7) is 2.13. The maximum atomic E-state index is 13.5. The summed E-state index contributed by atoms with van der Waals surface area (Å²) in [7, 11) is 1.99. The second-order valence-corrected chi connectivity index (χ2v) is 4.78. The average Bonchev–Trinajstić information content (AvgIpc) is 2.55. The van der Waals surface area contributed by atoms with E-state index in [-0.39, 0.29) is 5.82 Å². The number of hydrogen-bond donors (Lipinski definition) is 0. The molecule has 0 aliphatic heterocycles. The number of aryl methyl sites for hydroxylation is 1. The van der Waals surface area contributed by atoms with Crippen LogP contribution in [0, 0.1) is 5.82 Å². The number of benzene rings is 1. The molecule has 0 atom stereocenters. The number of nitrogens with zero attached hydrogens (tertiary/aromatic N) is 1. The fourth-order valence-corrected chi connectivity index (χ4v) is 2.41. The smallest absolute Gasteiger partial charge is 0.132 e. The highest BCUT2D eigenvalue weighted by Gasteiger charge is 2.08. The number of aromatic nitrogens is 1. The third-order valence-corrected chi connectivity index (χ3v) is 3.50. The second-order valence-electron chi connectivity index (χ2n) is 3.50. The van der Waals surface area contributed by atoms with E-state index in [1.807, 2.05) is 30.9 Å². The quantitative estimate of drug-likeness (QED) is 0.770. The molecule has 0 unspecified atom stereocenters. The number of rotatable bonds is 3. The largest absolute Gasteiger partial charge is 0.347 e. The van der Waals surface area contributed by atoms with Gasteiger partial charge in [0.25, 0.3) is 0 Å². The topological polar surface area (TPSA) is 4.93 Å². The van der Waals surface area contributed by atoms with Crippen LogP contribution in [0.4, 0.5) is 4.39 Å². The summed E-state index contributed by atoms with van der Waals surface area (Å²) in [4.78, 5) is 0. The van der Waals surface area contributed by atoms with Gasteiger partial charge in [-0.2, -0.15) is 11.8 Å². The van der Waals surface area contributed by atoms with Crippen LogP contribution in [0.15, 0.2) is 24.3 Å². The third kappa shape index (κ3) is 1.88. The molecule has 0 bridgehead atoms. The zero-order valence-electron chi connectivity index (χ0n) is 8.96. The summed E-state index contributed by atoms with van der Waals surface area (Å²) >= 11 is 1.85. The van der Waals surface area contributed by atoms with Crippen LogP contribution >= 0.6 is 11.8 Å². The van der Waals surface area contributed by atoms with Crippen LogP contribution in [0.5, 0.6) is 0 Å². The van der Waals surface area contributed by atoms with Gasteiger partial charge in [-0.3, -0.25) is 0 Å². The first-order valence-electron chi connectivity index (χ1n) is 5.04. The van der Waals surface area contributed by atoms with Crippen LogP contribution in [0.25, 0.3) is 10.9 Å². The molecular weight excluding hydrogens is 209 g/mol. The molecule has 2 rings (SSSR count). The third-order valence-electron chi connectivity index (χ3n) is 2.59. The van der Waals surface area contributed by atoms with Crippen molar-refractivity contribution in [3.8, 4) is 0 Å². The molecule has 1 heterocycles. The van der Waals surface area contributed by atoms with E-state index in [4.69, 9.17) is 0 Å². The Morgan fingerprint density at radius 3 is 2.87 bits per heavy atom. The standard InChI is InChI=1S/C12H14FNS/c1-3-15-8-9-7-10-11(13)5-4-6-12(10)14(9)2/h4-7H,3,8H2,1-2H3. The lowest BCUT2D eigenvalue weighted by molar-refractivity contribution is 0.640. The van der Waals surface area contributed by atoms with Crippen LogP contribution in [-0.2, 0) is 12.8 Å². The Bertz CT molecular complexity index is 476. The lowest BCUT2D eigenvalue weighted by atomic mass is 10.2. The first-order valence-corrected chi connectivity index (χ1v) is 6.20. The van der Waals surface area contributed by atoms with Gasteiger partial charge < -0.3 is 4.57 Å². The fraction of sp³-hybridized carbons (Fsp3) is 0.333. The van der Waals surface area contributed by atoms with Crippen LogP contribution in [-0.4, -0.2) is 10.3 Å². The maximum Gasteiger partial charge on any atom is 0.132 e. The van der Waals surface area contributed by atoms with Crippen LogP contribution in [0.3, 0.4) is 0 Å². The molecule has 2 aromatic rings. The van der Waals surface area contributed by atoms with E-state index in [2.05, 4.69) is 11.5 Å². The van der Waals surface area contributed by atoms with Crippen LogP contribution < -0.4 is 0 Å². The van der Waals surface area contributed by atoms with Crippen molar-refractivity contribution in [2.24, 2.45) is 7.05 Å². The molecule has 1 nitrogen and oxygen atoms in total. The van der Waals surface area contributed by atoms with E-state index in [0.717, 1.165) is 22.4 Å². The molecule has 0 saturated heterocycles. The Labute approximate surface area is 93.3 Å². The SMILES string of the molecule is CCSCc1cc2c(F)cccc2n1C. The van der Waals surface area contributed by atoms with E-state index in [1.54, 1.807) is 6.07 Å². The Morgan fingerprint density at radius 2 is 2.20 bits per heavy atom. The van der Waals surface area contributed by atoms with Crippen molar-refractivity contribution in [2.45, 2.75) is 12.7 Å². The molecule has 0 aliphatic rings. The predicted octanol–water partition coefficient (Wildman–Crippen LogP) is 3.57. The highest BCUT2D eigenvalue weighted by atomic mass is 32.2. The highest BCUT2D eigenvalue weighted by molar-refractivity contribution is 7.98. The molecule has 1 aromatic carbocycles. The predicted molar refractivity (Wildman–Crippen MR) is 64.7 cm³/mol. The average molecular weight is 223 g/mol. The Hall–Kier alpha value is -0.960. The van der Waals surface area contributed by atoms with Crippen molar-refractivity contribution in [1.29, 1.82) is 0 Å². The molecule has 0 amide bonds. The Kier molecular flexibility index (Phi) is 3.00. The van der Waals surface area contributed by atoms with Crippen molar-refractivity contribution in [2.75, 3.05) is 5.75 Å². The first kappa shape index (κ1) is 10.6. The molecule has 0 saturated carbocycles. The summed E-state index contributed by atoms with van der Waals surface area (Å²) in [5.41, 5.74) is 2.16. The normalized spacial score (nSPS) is 11.1. The van der Waals surface area contributed by atoms with Gasteiger partial charge in [0.1, 0.15) is 5.82 Å². The van der Waals surface area contributed by atoms with Gasteiger partial charge in [-0.15, -0.1) is 0 Å². The van der Waals surface area contributed by atoms with Crippen molar-refractivity contribution in [3.63, 3.8) is 0 Å². The van der Waals surface area contributed by atoms with Gasteiger partial charge >= 0.3 is 0 Å². The number of hydrogen-bond acceptors (Lipinski definition) is 1. The van der Waals surface area contributed by atoms with Crippen molar-refractivity contribution < 1.29 is 4.39 Å². The monoisotopic (exact) mass is 223 g/mol. The lowest BCUT2D eigenvalue weighted by Gasteiger charge is -2.02. The van der Waals surface area contributed by atoms with E-state index in [0.29, 0.717) is 0 Å². The van der Waals surface area contributed by atoms with Crippen molar-refractivity contribution >= 4 is 22.7 Å². The summed E-state index contributed by atoms with van der Waals surface area (Å²) in [5, 5.41) is 0.728. The van der Waals surface area contributed by atoms with Crippen molar-refractivity contribution in [3.05, 3.63) is 35.8 Å². The van der Waals surface area contributed by atoms with Gasteiger partial charge in [-0.25, -0.2) is 4.39 Å². The molecule has 0 radical (unpaired) electrons. The lowest BCUT2D eigenvalue weighted by Crippen LogP contribution is -1.93. The van der Waals surface area contributed by atoms with Crippen LogP contribution in [0.2, 0.25) is 0 Å². The van der Waals surface area contributed by atoms with E-state index in [9.17, 15) is 4.39 Å². The number of halogens is 1. The highest BCUT2D eigenvalue weighted by Crippen LogP contribution is 2.24. The van der Waals surface area contributed by atoms with Gasteiger partial charge in [-0.05, 0) is 24.0 Å². The number of thioether (sulfide) groups is 1. The molecule has 15 heavy (non-hydrogen) atoms. The maximum absolute atomic E-state index is 13.5. The minimum atomic E-state index is -0.129. The Balaban J connectivity index is 2.49. The molecule has 0 aliphatic carbocycles. The zero-order chi connectivity index (χ0) is 10.8. The molecule has 0 spiro atoms. The summed E-state index contributed by atoms with van der Waals surface area (Å²) in [6.07, 6.45) is 0. The van der Waals surface area contributed by atoms with Gasteiger partial charge in [0.15, 0.2) is 0 Å². The van der Waals surface area contributed by atoms with E-state index in [1.165, 1.54) is 11.8 Å². The molecular formula is C12H14FNS. The summed E-state index contributed by atoms with van der Waals surface area (Å²) < 4.78 is 15.6. The van der Waals surface area contributed by atoms with Crippen LogP contribution in [0.1, 0.15) is 12.6 Å². The molecule has 80 valence electrons. The van der Waals surface area contributed by atoms with E-state index < -0.39 is 0 Å². The minimum absolute atomic E-state index is 0.129. The zero-order valence-corrected chi connectivity index (χ0v) is 9.77. The fourth-order valence-electron chi connectivity index (χ4n) is 1.72. The van der Waals surface area contributed by atoms with Gasteiger partial charge in [0, 0.05) is 23.9 Å². The molecule has 0 fully saturated rings.